The van der Waals surface area contributed by atoms with Crippen LogP contribution in [0.25, 0.3) is 10.9 Å². The lowest BCUT2D eigenvalue weighted by molar-refractivity contribution is -0.167. The number of aliphatic hydroxyl groups is 1. The summed E-state index contributed by atoms with van der Waals surface area (Å²) < 4.78 is 6.15. The maximum atomic E-state index is 14.3. The Morgan fingerprint density at radius 3 is 2.53 bits per heavy atom. The molecule has 0 bridgehead atoms. The summed E-state index contributed by atoms with van der Waals surface area (Å²) in [7, 11) is 0. The Balaban J connectivity index is 1.77. The number of carbonyl (C=O) groups excluding carboxylic acids is 3. The number of Topliss-reactive ketones (excluding diaryl/α,β-unsaturated/α-hetero) is 1. The lowest BCUT2D eigenvalue weighted by atomic mass is 9.79. The third kappa shape index (κ3) is 2.22. The van der Waals surface area contributed by atoms with Gasteiger partial charge in [-0.15, -0.1) is 0 Å². The van der Waals surface area contributed by atoms with Crippen molar-refractivity contribution in [2.24, 2.45) is 0 Å². The summed E-state index contributed by atoms with van der Waals surface area (Å²) in [6, 6.07) is 17.3. The molecule has 6 rings (SSSR count). The minimum absolute atomic E-state index is 0.159. The molecular formula is C27H20N2O5. The molecule has 0 spiro atoms. The molecule has 0 saturated heterocycles. The monoisotopic (exact) mass is 452 g/mol. The van der Waals surface area contributed by atoms with Gasteiger partial charge < -0.3 is 14.8 Å². The minimum Gasteiger partial charge on any atom is -0.454 e. The molecule has 1 aromatic heterocycles. The number of fused-ring (bicyclic) bond motifs is 6. The lowest BCUT2D eigenvalue weighted by Crippen LogP contribution is -2.62. The summed E-state index contributed by atoms with van der Waals surface area (Å²) in [6.07, 6.45) is 1.72. The van der Waals surface area contributed by atoms with E-state index in [1.165, 1.54) is 0 Å². The van der Waals surface area contributed by atoms with Crippen molar-refractivity contribution >= 4 is 34.6 Å². The summed E-state index contributed by atoms with van der Waals surface area (Å²) >= 11 is 0. The first-order valence-electron chi connectivity index (χ1n) is 10.9. The number of anilines is 1. The largest absolute Gasteiger partial charge is 0.454 e. The molecule has 0 radical (unpaired) electrons. The molecule has 0 saturated carbocycles. The second-order valence-electron chi connectivity index (χ2n) is 8.77. The Morgan fingerprint density at radius 1 is 1.03 bits per heavy atom. The molecular weight excluding hydrogens is 432 g/mol. The standard InChI is InChI=1S/C27H20N2O5/c1-15-11-20-23(12-16(15)2)34-27(33)19-9-5-3-7-17(19)25(32)26(20,27)29(24(31)14-30)22-13-28-21-10-6-4-8-18(21)22/h3-14,28,33H,1-2H3. The maximum absolute atomic E-state index is 14.3. The zero-order valence-corrected chi connectivity index (χ0v) is 18.5. The van der Waals surface area contributed by atoms with Crippen LogP contribution in [0.15, 0.2) is 66.9 Å². The van der Waals surface area contributed by atoms with Gasteiger partial charge in [-0.25, -0.2) is 0 Å². The summed E-state index contributed by atoms with van der Waals surface area (Å²) in [5.74, 6) is -3.44. The van der Waals surface area contributed by atoms with Crippen LogP contribution in [-0.4, -0.2) is 28.1 Å². The van der Waals surface area contributed by atoms with Crippen molar-refractivity contribution in [2.75, 3.05) is 4.90 Å². The van der Waals surface area contributed by atoms with Crippen LogP contribution >= 0.6 is 0 Å². The molecule has 7 nitrogen and oxygen atoms in total. The van der Waals surface area contributed by atoms with Gasteiger partial charge in [-0.2, -0.15) is 0 Å². The van der Waals surface area contributed by atoms with Crippen LogP contribution in [0.3, 0.4) is 0 Å². The number of nitrogens with zero attached hydrogens (tertiary/aromatic N) is 1. The zero-order valence-electron chi connectivity index (χ0n) is 18.5. The second-order valence-corrected chi connectivity index (χ2v) is 8.77. The van der Waals surface area contributed by atoms with Crippen LogP contribution in [0.5, 0.6) is 5.75 Å². The first-order chi connectivity index (χ1) is 16.3. The molecule has 2 atom stereocenters. The van der Waals surface area contributed by atoms with Gasteiger partial charge in [0.2, 0.25) is 17.6 Å². The van der Waals surface area contributed by atoms with E-state index in [-0.39, 0.29) is 23.2 Å². The Labute approximate surface area is 194 Å². The molecule has 1 aliphatic heterocycles. The quantitative estimate of drug-likeness (QED) is 0.365. The van der Waals surface area contributed by atoms with E-state index in [0.717, 1.165) is 16.0 Å². The number of nitrogens with one attached hydrogen (secondary N) is 1. The van der Waals surface area contributed by atoms with Gasteiger partial charge >= 0.3 is 0 Å². The maximum Gasteiger partial charge on any atom is 0.292 e. The molecule has 4 aromatic rings. The van der Waals surface area contributed by atoms with Crippen LogP contribution in [-0.2, 0) is 20.9 Å². The van der Waals surface area contributed by atoms with Crippen LogP contribution in [0, 0.1) is 13.8 Å². The Kier molecular flexibility index (Phi) is 3.99. The summed E-state index contributed by atoms with van der Waals surface area (Å²) in [5, 5.41) is 12.9. The Hall–Kier alpha value is -4.23. The normalized spacial score (nSPS) is 22.1. The Bertz CT molecular complexity index is 1550. The number of aldehydes is 1. The highest BCUT2D eigenvalue weighted by molar-refractivity contribution is 6.34. The van der Waals surface area contributed by atoms with Crippen LogP contribution in [0.1, 0.15) is 32.6 Å². The molecule has 168 valence electrons. The molecule has 2 heterocycles. The molecule has 2 aliphatic rings. The number of ketones is 1. The number of hydrogen-bond acceptors (Lipinski definition) is 5. The van der Waals surface area contributed by atoms with Crippen molar-refractivity contribution in [3.05, 3.63) is 94.7 Å². The van der Waals surface area contributed by atoms with E-state index in [0.29, 0.717) is 22.2 Å². The molecule has 0 fully saturated rings. The number of para-hydroxylation sites is 1. The first-order valence-corrected chi connectivity index (χ1v) is 10.9. The van der Waals surface area contributed by atoms with E-state index < -0.39 is 23.0 Å². The molecule has 7 heteroatoms. The van der Waals surface area contributed by atoms with E-state index in [1.807, 2.05) is 26.0 Å². The predicted molar refractivity (Wildman–Crippen MR) is 125 cm³/mol. The van der Waals surface area contributed by atoms with Crippen molar-refractivity contribution in [3.63, 3.8) is 0 Å². The number of ether oxygens (including phenoxy) is 1. The van der Waals surface area contributed by atoms with Gasteiger partial charge in [0.1, 0.15) is 5.75 Å². The SMILES string of the molecule is Cc1cc2c(cc1C)C1(N(C(=O)C=O)c3c[nH]c4ccccc34)C(=O)c3ccccc3C1(O)O2. The summed E-state index contributed by atoms with van der Waals surface area (Å²) in [4.78, 5) is 43.9. The number of hydrogen-bond donors (Lipinski definition) is 2. The van der Waals surface area contributed by atoms with Gasteiger partial charge in [-0.1, -0.05) is 42.5 Å². The van der Waals surface area contributed by atoms with Crippen molar-refractivity contribution in [3.8, 4) is 5.75 Å². The molecule has 34 heavy (non-hydrogen) atoms. The van der Waals surface area contributed by atoms with Crippen molar-refractivity contribution < 1.29 is 24.2 Å². The topological polar surface area (TPSA) is 99.7 Å². The number of H-pyrrole nitrogens is 1. The molecule has 1 aliphatic carbocycles. The van der Waals surface area contributed by atoms with E-state index in [2.05, 4.69) is 4.98 Å². The zero-order chi connectivity index (χ0) is 23.8. The van der Waals surface area contributed by atoms with E-state index >= 15 is 0 Å². The van der Waals surface area contributed by atoms with Gasteiger partial charge in [-0.3, -0.25) is 19.3 Å². The van der Waals surface area contributed by atoms with Gasteiger partial charge in [0.25, 0.3) is 11.7 Å². The van der Waals surface area contributed by atoms with Gasteiger partial charge in [-0.05, 0) is 43.2 Å². The molecule has 2 N–H and O–H groups in total. The fraction of sp³-hybridized carbons (Fsp3) is 0.148. The third-order valence-corrected chi connectivity index (χ3v) is 7.06. The summed E-state index contributed by atoms with van der Waals surface area (Å²) in [5.41, 5.74) is 1.54. The summed E-state index contributed by atoms with van der Waals surface area (Å²) in [6.45, 7) is 3.78. The van der Waals surface area contributed by atoms with E-state index in [1.54, 1.807) is 54.7 Å². The highest BCUT2D eigenvalue weighted by Crippen LogP contribution is 2.62. The Morgan fingerprint density at radius 2 is 1.74 bits per heavy atom. The van der Waals surface area contributed by atoms with E-state index in [4.69, 9.17) is 4.74 Å². The van der Waals surface area contributed by atoms with Gasteiger partial charge in [0.05, 0.1) is 5.69 Å². The number of amides is 1. The highest BCUT2D eigenvalue weighted by atomic mass is 16.6. The molecule has 1 amide bonds. The highest BCUT2D eigenvalue weighted by Gasteiger charge is 2.74. The fourth-order valence-electron chi connectivity index (χ4n) is 5.40. The fourth-order valence-corrected chi connectivity index (χ4v) is 5.40. The second kappa shape index (κ2) is 6.65. The van der Waals surface area contributed by atoms with Crippen LogP contribution in [0.4, 0.5) is 5.69 Å². The smallest absolute Gasteiger partial charge is 0.292 e. The van der Waals surface area contributed by atoms with Crippen molar-refractivity contribution in [1.82, 2.24) is 4.98 Å². The predicted octanol–water partition coefficient (Wildman–Crippen LogP) is 3.65. The van der Waals surface area contributed by atoms with Gasteiger partial charge in [0, 0.05) is 33.8 Å². The third-order valence-electron chi connectivity index (χ3n) is 7.06. The molecule has 2 unspecified atom stereocenters. The van der Waals surface area contributed by atoms with Crippen LogP contribution in [0.2, 0.25) is 0 Å². The van der Waals surface area contributed by atoms with Crippen molar-refractivity contribution in [1.29, 1.82) is 0 Å². The molecule has 3 aromatic carbocycles. The van der Waals surface area contributed by atoms with Gasteiger partial charge in [0.15, 0.2) is 0 Å². The number of aromatic amines is 1. The number of benzene rings is 3. The average molecular weight is 452 g/mol. The van der Waals surface area contributed by atoms with Crippen molar-refractivity contribution in [2.45, 2.75) is 25.2 Å². The van der Waals surface area contributed by atoms with E-state index in [9.17, 15) is 19.5 Å². The number of aromatic nitrogens is 1. The number of aryl methyl sites for hydroxylation is 2. The lowest BCUT2D eigenvalue weighted by Gasteiger charge is -2.41. The minimum atomic E-state index is -2.24. The average Bonchev–Trinajstić information content (AvgIpc) is 3.42. The first kappa shape index (κ1) is 20.4. The number of rotatable bonds is 3. The van der Waals surface area contributed by atoms with Crippen LogP contribution < -0.4 is 9.64 Å². The number of carbonyl (C=O) groups is 3.